The van der Waals surface area contributed by atoms with E-state index in [1.54, 1.807) is 0 Å². The summed E-state index contributed by atoms with van der Waals surface area (Å²) in [7, 11) is 1.40. The molecule has 1 saturated carbocycles. The molecule has 0 unspecified atom stereocenters. The highest BCUT2D eigenvalue weighted by atomic mass is 16.6. The molecule has 1 rings (SSSR count). The fraction of sp³-hybridized carbons (Fsp3) is 0.667. The summed E-state index contributed by atoms with van der Waals surface area (Å²) in [5, 5.41) is 0. The highest BCUT2D eigenvalue weighted by molar-refractivity contribution is 5.91. The number of ether oxygens (including phenoxy) is 2. The van der Waals surface area contributed by atoms with Crippen LogP contribution in [0, 0.1) is 0 Å². The third-order valence-electron chi connectivity index (χ3n) is 1.66. The van der Waals surface area contributed by atoms with Gasteiger partial charge in [-0.15, -0.1) is 0 Å². The number of hydrogen-bond donors (Lipinski definition) is 1. The van der Waals surface area contributed by atoms with Gasteiger partial charge in [0.25, 0.3) is 0 Å². The Hall–Kier alpha value is -1.10. The lowest BCUT2D eigenvalue weighted by Gasteiger charge is -2.08. The average molecular weight is 159 g/mol. The molecule has 1 fully saturated rings. The van der Waals surface area contributed by atoms with Crippen LogP contribution >= 0.6 is 0 Å². The molecule has 0 heterocycles. The van der Waals surface area contributed by atoms with Crippen LogP contribution in [-0.4, -0.2) is 24.8 Å². The Labute approximate surface area is 63.4 Å². The van der Waals surface area contributed by atoms with E-state index in [-0.39, 0.29) is 0 Å². The molecular formula is C6H9NO4. The predicted octanol–water partition coefficient (Wildman–Crippen LogP) is -0.213. The summed E-state index contributed by atoms with van der Waals surface area (Å²) < 4.78 is 8.97. The second-order valence-corrected chi connectivity index (χ2v) is 2.41. The molecule has 0 aliphatic heterocycles. The van der Waals surface area contributed by atoms with Crippen molar-refractivity contribution in [3.8, 4) is 0 Å². The van der Waals surface area contributed by atoms with Crippen molar-refractivity contribution in [1.82, 2.24) is 0 Å². The van der Waals surface area contributed by atoms with E-state index in [1.165, 1.54) is 7.11 Å². The third kappa shape index (κ3) is 1.48. The Morgan fingerprint density at radius 1 is 1.45 bits per heavy atom. The summed E-state index contributed by atoms with van der Waals surface area (Å²) in [6.45, 7) is 0. The lowest BCUT2D eigenvalue weighted by molar-refractivity contribution is -0.151. The predicted molar refractivity (Wildman–Crippen MR) is 34.6 cm³/mol. The molecule has 62 valence electrons. The average Bonchev–Trinajstić information content (AvgIpc) is 2.65. The molecule has 0 aromatic rings. The number of hydrogen-bond acceptors (Lipinski definition) is 4. The monoisotopic (exact) mass is 159 g/mol. The van der Waals surface area contributed by atoms with Gasteiger partial charge in [0.05, 0.1) is 0 Å². The first-order valence-electron chi connectivity index (χ1n) is 3.17. The van der Waals surface area contributed by atoms with Gasteiger partial charge in [0, 0.05) is 7.11 Å². The van der Waals surface area contributed by atoms with E-state index in [9.17, 15) is 9.59 Å². The molecule has 0 aromatic carbocycles. The molecule has 1 aliphatic carbocycles. The second-order valence-electron chi connectivity index (χ2n) is 2.41. The van der Waals surface area contributed by atoms with E-state index in [0.717, 1.165) is 0 Å². The number of amides is 1. The van der Waals surface area contributed by atoms with Crippen molar-refractivity contribution in [3.05, 3.63) is 0 Å². The highest BCUT2D eigenvalue weighted by Crippen LogP contribution is 2.39. The Bertz CT molecular complexity index is 197. The van der Waals surface area contributed by atoms with Crippen LogP contribution in [0.2, 0.25) is 0 Å². The number of methoxy groups -OCH3 is 1. The maximum absolute atomic E-state index is 10.9. The normalized spacial score (nSPS) is 19.0. The molecular weight excluding hydrogens is 150 g/mol. The zero-order chi connectivity index (χ0) is 8.48. The molecule has 0 aromatic heterocycles. The Morgan fingerprint density at radius 3 is 2.27 bits per heavy atom. The van der Waals surface area contributed by atoms with Crippen LogP contribution in [0.25, 0.3) is 0 Å². The molecule has 5 heteroatoms. The number of esters is 1. The first-order valence-corrected chi connectivity index (χ1v) is 3.17. The zero-order valence-corrected chi connectivity index (χ0v) is 6.12. The minimum absolute atomic E-state index is 0.593. The fourth-order valence-corrected chi connectivity index (χ4v) is 0.789. The summed E-state index contributed by atoms with van der Waals surface area (Å²) in [5.74, 6) is -0.687. The molecule has 5 nitrogen and oxygen atoms in total. The first-order chi connectivity index (χ1) is 5.10. The van der Waals surface area contributed by atoms with Crippen molar-refractivity contribution in [1.29, 1.82) is 0 Å². The van der Waals surface area contributed by atoms with Gasteiger partial charge in [-0.1, -0.05) is 0 Å². The smallest absolute Gasteiger partial charge is 0.374 e. The summed E-state index contributed by atoms with van der Waals surface area (Å²) >= 11 is 0. The van der Waals surface area contributed by atoms with Crippen LogP contribution in [0.15, 0.2) is 0 Å². The maximum atomic E-state index is 10.9. The van der Waals surface area contributed by atoms with Crippen LogP contribution in [0.5, 0.6) is 0 Å². The van der Waals surface area contributed by atoms with Gasteiger partial charge < -0.3 is 15.2 Å². The summed E-state index contributed by atoms with van der Waals surface area (Å²) in [4.78, 5) is 21.0. The number of rotatable bonds is 2. The third-order valence-corrected chi connectivity index (χ3v) is 1.66. The zero-order valence-electron chi connectivity index (χ0n) is 6.12. The largest absolute Gasteiger partial charge is 0.412 e. The minimum Gasteiger partial charge on any atom is -0.374 e. The lowest BCUT2D eigenvalue weighted by atomic mass is 10.3. The van der Waals surface area contributed by atoms with E-state index in [2.05, 4.69) is 10.5 Å². The Balaban J connectivity index is 2.48. The molecule has 2 N–H and O–H groups in total. The van der Waals surface area contributed by atoms with Crippen molar-refractivity contribution in [2.45, 2.75) is 18.4 Å². The van der Waals surface area contributed by atoms with Crippen LogP contribution < -0.4 is 5.73 Å². The van der Waals surface area contributed by atoms with Crippen molar-refractivity contribution in [3.63, 3.8) is 0 Å². The lowest BCUT2D eigenvalue weighted by Crippen LogP contribution is -2.31. The van der Waals surface area contributed by atoms with E-state index in [1.807, 2.05) is 0 Å². The summed E-state index contributed by atoms with van der Waals surface area (Å²) in [5.41, 5.74) is 3.76. The molecule has 0 saturated heterocycles. The van der Waals surface area contributed by atoms with Gasteiger partial charge >= 0.3 is 12.1 Å². The standard InChI is InChI=1S/C6H9NO4/c1-10-6(2-3-6)4(8)11-5(7)9/h2-3H2,1H3,(H2,7,9). The van der Waals surface area contributed by atoms with Gasteiger partial charge in [-0.05, 0) is 12.8 Å². The fourth-order valence-electron chi connectivity index (χ4n) is 0.789. The number of carbonyl (C=O) groups excluding carboxylic acids is 2. The SMILES string of the molecule is COC1(C(=O)OC(N)=O)CC1. The summed E-state index contributed by atoms with van der Waals surface area (Å²) in [6.07, 6.45) is 0.101. The van der Waals surface area contributed by atoms with Gasteiger partial charge in [-0.3, -0.25) is 0 Å². The van der Waals surface area contributed by atoms with Crippen molar-refractivity contribution < 1.29 is 19.1 Å². The van der Waals surface area contributed by atoms with Gasteiger partial charge in [0.2, 0.25) is 0 Å². The number of primary amides is 1. The van der Waals surface area contributed by atoms with Crippen LogP contribution in [0.1, 0.15) is 12.8 Å². The number of nitrogens with two attached hydrogens (primary N) is 1. The van der Waals surface area contributed by atoms with Crippen molar-refractivity contribution in [2.24, 2.45) is 5.73 Å². The summed E-state index contributed by atoms with van der Waals surface area (Å²) in [6, 6.07) is 0. The number of carbonyl (C=O) groups is 2. The highest BCUT2D eigenvalue weighted by Gasteiger charge is 2.52. The van der Waals surface area contributed by atoms with Gasteiger partial charge in [-0.25, -0.2) is 9.59 Å². The van der Waals surface area contributed by atoms with E-state index < -0.39 is 17.7 Å². The van der Waals surface area contributed by atoms with Crippen LogP contribution in [-0.2, 0) is 14.3 Å². The van der Waals surface area contributed by atoms with Gasteiger partial charge in [-0.2, -0.15) is 0 Å². The molecule has 0 spiro atoms. The van der Waals surface area contributed by atoms with E-state index >= 15 is 0 Å². The molecule has 0 radical (unpaired) electrons. The van der Waals surface area contributed by atoms with Crippen molar-refractivity contribution >= 4 is 12.1 Å². The van der Waals surface area contributed by atoms with Crippen molar-refractivity contribution in [2.75, 3.05) is 7.11 Å². The molecule has 0 atom stereocenters. The molecule has 0 bridgehead atoms. The molecule has 11 heavy (non-hydrogen) atoms. The van der Waals surface area contributed by atoms with Crippen LogP contribution in [0.3, 0.4) is 0 Å². The topological polar surface area (TPSA) is 78.6 Å². The van der Waals surface area contributed by atoms with Crippen LogP contribution in [0.4, 0.5) is 4.79 Å². The first kappa shape index (κ1) is 8.00. The quantitative estimate of drug-likeness (QED) is 0.446. The Kier molecular flexibility index (Phi) is 1.82. The maximum Gasteiger partial charge on any atom is 0.412 e. The Morgan fingerprint density at radius 2 is 2.00 bits per heavy atom. The minimum atomic E-state index is -1.08. The molecule has 1 aliphatic rings. The van der Waals surface area contributed by atoms with E-state index in [4.69, 9.17) is 4.74 Å². The van der Waals surface area contributed by atoms with Gasteiger partial charge in [0.15, 0.2) is 5.60 Å². The van der Waals surface area contributed by atoms with Gasteiger partial charge in [0.1, 0.15) is 0 Å². The molecule has 1 amide bonds. The second kappa shape index (κ2) is 2.50. The van der Waals surface area contributed by atoms with E-state index in [0.29, 0.717) is 12.8 Å².